The lowest BCUT2D eigenvalue weighted by Crippen LogP contribution is -2.56. The van der Waals surface area contributed by atoms with Crippen molar-refractivity contribution in [2.45, 2.75) is 18.0 Å². The van der Waals surface area contributed by atoms with E-state index in [0.717, 1.165) is 0 Å². The summed E-state index contributed by atoms with van der Waals surface area (Å²) in [5.41, 5.74) is 0. The molecule has 0 aromatic heterocycles. The molecule has 12 heteroatoms. The fraction of sp³-hybridized carbons (Fsp3) is 1.00. The van der Waals surface area contributed by atoms with E-state index in [2.05, 4.69) is 13.6 Å². The summed E-state index contributed by atoms with van der Waals surface area (Å²) in [5, 5.41) is 0. The number of rotatable bonds is 7. The minimum absolute atomic E-state index is 0.492. The molecule has 0 N–H and O–H groups in total. The summed E-state index contributed by atoms with van der Waals surface area (Å²) >= 11 is 0. The molecule has 4 nitrogen and oxygen atoms in total. The Bertz CT molecular complexity index is 326. The molecular weight excluding hydrogens is 300 g/mol. The van der Waals surface area contributed by atoms with Gasteiger partial charge in [-0.2, -0.15) is 26.3 Å². The lowest BCUT2D eigenvalue weighted by molar-refractivity contribution is -0.377. The predicted molar refractivity (Wildman–Crippen MR) is 43.5 cm³/mol. The summed E-state index contributed by atoms with van der Waals surface area (Å²) < 4.78 is 109. The third-order valence-electron chi connectivity index (χ3n) is 1.67. The molecule has 0 aliphatic rings. The van der Waals surface area contributed by atoms with Crippen LogP contribution < -0.4 is 0 Å². The molecule has 110 valence electrons. The molecule has 0 aromatic carbocycles. The highest BCUT2D eigenvalue weighted by Crippen LogP contribution is 2.57. The highest BCUT2D eigenvalue weighted by atomic mass is 31.2. The smallest absolute Gasteiger partial charge is 0.290 e. The molecule has 0 heterocycles. The highest BCUT2D eigenvalue weighted by Gasteiger charge is 2.74. The van der Waals surface area contributed by atoms with Gasteiger partial charge >= 0.3 is 25.8 Å². The Hall–Kier alpha value is -0.380. The molecule has 0 fully saturated rings. The standard InChI is InChI=1S/C6H8F7O4P/c1-15-18(14,16-2)17-6(12,13)5(10,11)4(8,9)3-7/h3H2,1-2H3. The van der Waals surface area contributed by atoms with E-state index in [1.165, 1.54) is 0 Å². The molecule has 0 rings (SSSR count). The van der Waals surface area contributed by atoms with E-state index < -0.39 is 32.5 Å². The molecule has 0 unspecified atom stereocenters. The van der Waals surface area contributed by atoms with Gasteiger partial charge < -0.3 is 0 Å². The summed E-state index contributed by atoms with van der Waals surface area (Å²) in [4.78, 5) is 0. The van der Waals surface area contributed by atoms with Gasteiger partial charge in [0.25, 0.3) is 0 Å². The summed E-state index contributed by atoms with van der Waals surface area (Å²) in [7, 11) is -4.18. The van der Waals surface area contributed by atoms with E-state index in [-0.39, 0.29) is 0 Å². The monoisotopic (exact) mass is 308 g/mol. The SMILES string of the molecule is COP(=O)(OC)OC(F)(F)C(F)(F)C(F)(F)CF. The third kappa shape index (κ3) is 3.14. The average molecular weight is 308 g/mol. The normalized spacial score (nSPS) is 14.9. The molecule has 18 heavy (non-hydrogen) atoms. The van der Waals surface area contributed by atoms with Crippen molar-refractivity contribution in [2.75, 3.05) is 20.9 Å². The van der Waals surface area contributed by atoms with Crippen molar-refractivity contribution in [2.24, 2.45) is 0 Å². The molecule has 0 amide bonds. The summed E-state index contributed by atoms with van der Waals surface area (Å²) in [6.07, 6.45) is -5.97. The van der Waals surface area contributed by atoms with E-state index >= 15 is 0 Å². The Morgan fingerprint density at radius 3 is 1.67 bits per heavy atom. The molecule has 0 spiro atoms. The van der Waals surface area contributed by atoms with Gasteiger partial charge in [-0.15, -0.1) is 0 Å². The van der Waals surface area contributed by atoms with Gasteiger partial charge in [0.2, 0.25) is 0 Å². The van der Waals surface area contributed by atoms with Crippen LogP contribution in [0.4, 0.5) is 30.7 Å². The first-order valence-corrected chi connectivity index (χ1v) is 5.47. The van der Waals surface area contributed by atoms with E-state index in [1.54, 1.807) is 0 Å². The summed E-state index contributed by atoms with van der Waals surface area (Å²) in [5.74, 6) is -12.0. The molecular formula is C6H8F7O4P. The minimum atomic E-state index is -6.25. The zero-order valence-electron chi connectivity index (χ0n) is 8.93. The predicted octanol–water partition coefficient (Wildman–Crippen LogP) is 3.24. The van der Waals surface area contributed by atoms with Gasteiger partial charge in [0.15, 0.2) is 6.67 Å². The van der Waals surface area contributed by atoms with Gasteiger partial charge in [-0.05, 0) is 0 Å². The number of phosphoric acid groups is 1. The molecule has 0 aliphatic heterocycles. The van der Waals surface area contributed by atoms with Gasteiger partial charge in [0, 0.05) is 14.2 Å². The van der Waals surface area contributed by atoms with E-state index in [9.17, 15) is 35.3 Å². The zero-order chi connectivity index (χ0) is 14.8. The molecule has 0 atom stereocenters. The van der Waals surface area contributed by atoms with Crippen LogP contribution in [0.5, 0.6) is 0 Å². The molecule has 0 saturated carbocycles. The first-order valence-electron chi connectivity index (χ1n) is 4.01. The van der Waals surface area contributed by atoms with Crippen LogP contribution in [-0.4, -0.2) is 38.8 Å². The lowest BCUT2D eigenvalue weighted by Gasteiger charge is -2.31. The summed E-state index contributed by atoms with van der Waals surface area (Å²) in [6, 6.07) is 0. The van der Waals surface area contributed by atoms with Crippen molar-refractivity contribution in [3.05, 3.63) is 0 Å². The van der Waals surface area contributed by atoms with Crippen LogP contribution >= 0.6 is 7.82 Å². The van der Waals surface area contributed by atoms with Gasteiger partial charge in [-0.1, -0.05) is 0 Å². The van der Waals surface area contributed by atoms with Crippen LogP contribution in [0.25, 0.3) is 0 Å². The largest absolute Gasteiger partial charge is 0.479 e. The molecule has 0 bridgehead atoms. The number of phosphoric ester groups is 1. The second-order valence-electron chi connectivity index (χ2n) is 2.83. The molecule has 0 aromatic rings. The van der Waals surface area contributed by atoms with Gasteiger partial charge in [0.1, 0.15) is 0 Å². The van der Waals surface area contributed by atoms with Crippen molar-refractivity contribution in [3.8, 4) is 0 Å². The van der Waals surface area contributed by atoms with Crippen LogP contribution in [0.2, 0.25) is 0 Å². The number of halogens is 7. The van der Waals surface area contributed by atoms with Crippen LogP contribution in [0.3, 0.4) is 0 Å². The highest BCUT2D eigenvalue weighted by molar-refractivity contribution is 7.48. The first-order chi connectivity index (χ1) is 7.89. The lowest BCUT2D eigenvalue weighted by atomic mass is 10.2. The third-order valence-corrected chi connectivity index (χ3v) is 3.01. The van der Waals surface area contributed by atoms with Crippen LogP contribution in [0, 0.1) is 0 Å². The van der Waals surface area contributed by atoms with E-state index in [0.29, 0.717) is 14.2 Å². The van der Waals surface area contributed by atoms with Gasteiger partial charge in [-0.25, -0.2) is 13.5 Å². The minimum Gasteiger partial charge on any atom is -0.290 e. The molecule has 0 radical (unpaired) electrons. The average Bonchev–Trinajstić information content (AvgIpc) is 2.27. The Morgan fingerprint density at radius 1 is 1.00 bits per heavy atom. The second-order valence-corrected chi connectivity index (χ2v) is 4.64. The summed E-state index contributed by atoms with van der Waals surface area (Å²) in [6.45, 7) is -3.07. The van der Waals surface area contributed by atoms with E-state index in [1.807, 2.05) is 0 Å². The maximum absolute atomic E-state index is 12.8. The fourth-order valence-corrected chi connectivity index (χ4v) is 1.34. The number of alkyl halides is 7. The Labute approximate surface area is 96.6 Å². The van der Waals surface area contributed by atoms with Crippen LogP contribution in [0.15, 0.2) is 0 Å². The van der Waals surface area contributed by atoms with Crippen molar-refractivity contribution in [1.82, 2.24) is 0 Å². The van der Waals surface area contributed by atoms with Crippen molar-refractivity contribution >= 4 is 7.82 Å². The van der Waals surface area contributed by atoms with Crippen molar-refractivity contribution in [1.29, 1.82) is 0 Å². The first kappa shape index (κ1) is 17.6. The number of hydrogen-bond acceptors (Lipinski definition) is 4. The Balaban J connectivity index is 5.33. The number of hydrogen-bond donors (Lipinski definition) is 0. The molecule has 0 saturated heterocycles. The Kier molecular flexibility index (Phi) is 5.20. The second kappa shape index (κ2) is 5.32. The fourth-order valence-electron chi connectivity index (χ4n) is 0.644. The van der Waals surface area contributed by atoms with Crippen LogP contribution in [-0.2, 0) is 18.1 Å². The van der Waals surface area contributed by atoms with Crippen molar-refractivity contribution in [3.63, 3.8) is 0 Å². The topological polar surface area (TPSA) is 44.8 Å². The maximum Gasteiger partial charge on any atom is 0.479 e. The van der Waals surface area contributed by atoms with E-state index in [4.69, 9.17) is 0 Å². The zero-order valence-corrected chi connectivity index (χ0v) is 9.83. The maximum atomic E-state index is 12.8. The van der Waals surface area contributed by atoms with Crippen molar-refractivity contribution < 1.29 is 48.9 Å². The Morgan fingerprint density at radius 2 is 1.39 bits per heavy atom. The quantitative estimate of drug-likeness (QED) is 0.535. The molecule has 0 aliphatic carbocycles. The van der Waals surface area contributed by atoms with Gasteiger partial charge in [0.05, 0.1) is 0 Å². The van der Waals surface area contributed by atoms with Crippen LogP contribution in [0.1, 0.15) is 0 Å². The van der Waals surface area contributed by atoms with Gasteiger partial charge in [-0.3, -0.25) is 9.05 Å².